The molecule has 47 heavy (non-hydrogen) atoms. The average molecular weight is 601 g/mol. The molecule has 1 aromatic heterocycles. The number of anilines is 2. The Morgan fingerprint density at radius 1 is 0.617 bits per heavy atom. The van der Waals surface area contributed by atoms with E-state index in [-0.39, 0.29) is 0 Å². The van der Waals surface area contributed by atoms with E-state index in [4.69, 9.17) is 0 Å². The minimum Gasteiger partial charge on any atom is -0.312 e. The second-order valence-electron chi connectivity index (χ2n) is 12.2. The van der Waals surface area contributed by atoms with E-state index in [0.717, 1.165) is 29.8 Å². The molecule has 9 rings (SSSR count). The second-order valence-corrected chi connectivity index (χ2v) is 12.2. The van der Waals surface area contributed by atoms with Gasteiger partial charge in [-0.2, -0.15) is 0 Å². The minimum absolute atomic E-state index is 0.665. The van der Waals surface area contributed by atoms with Crippen LogP contribution in [0.3, 0.4) is 0 Å². The lowest BCUT2D eigenvalue weighted by molar-refractivity contribution is 1.03. The highest BCUT2D eigenvalue weighted by Crippen LogP contribution is 2.43. The topological polar surface area (TPSA) is 8.17 Å². The first-order valence-electron chi connectivity index (χ1n) is 16.4. The van der Waals surface area contributed by atoms with Gasteiger partial charge in [0.1, 0.15) is 0 Å². The van der Waals surface area contributed by atoms with Gasteiger partial charge in [0.2, 0.25) is 0 Å². The Kier molecular flexibility index (Phi) is 6.61. The van der Waals surface area contributed by atoms with Crippen LogP contribution in [-0.4, -0.2) is 4.57 Å². The van der Waals surface area contributed by atoms with E-state index in [1.807, 2.05) is 0 Å². The fourth-order valence-electron chi connectivity index (χ4n) is 7.43. The van der Waals surface area contributed by atoms with E-state index < -0.39 is 0 Å². The number of rotatable bonds is 5. The predicted octanol–water partition coefficient (Wildman–Crippen LogP) is 9.60. The van der Waals surface area contributed by atoms with Crippen molar-refractivity contribution in [3.63, 3.8) is 0 Å². The van der Waals surface area contributed by atoms with Crippen LogP contribution in [-0.2, 0) is 0 Å². The van der Waals surface area contributed by atoms with Gasteiger partial charge in [-0.05, 0) is 65.4 Å². The van der Waals surface area contributed by atoms with Crippen molar-refractivity contribution in [1.82, 2.24) is 4.57 Å². The maximum Gasteiger partial charge on any atom is 0.0628 e. The molecule has 0 unspecified atom stereocenters. The van der Waals surface area contributed by atoms with E-state index in [1.54, 1.807) is 0 Å². The molecule has 0 N–H and O–H groups in total. The van der Waals surface area contributed by atoms with Crippen LogP contribution >= 0.6 is 0 Å². The van der Waals surface area contributed by atoms with E-state index in [9.17, 15) is 0 Å². The molecule has 0 bridgehead atoms. The van der Waals surface area contributed by atoms with Gasteiger partial charge < -0.3 is 9.47 Å². The van der Waals surface area contributed by atoms with Gasteiger partial charge in [0, 0.05) is 39.4 Å². The first kappa shape index (κ1) is 27.3. The van der Waals surface area contributed by atoms with Crippen molar-refractivity contribution in [1.29, 1.82) is 0 Å². The molecule has 1 heterocycles. The maximum absolute atomic E-state index is 3.59. The Hall–Kier alpha value is -6.04. The molecule has 0 atom stereocenters. The molecule has 0 aliphatic heterocycles. The summed E-state index contributed by atoms with van der Waals surface area (Å²) in [6.07, 6.45) is 7.38. The summed E-state index contributed by atoms with van der Waals surface area (Å²) in [5, 5.41) is 6.26. The fraction of sp³-hybridized carbons (Fsp3) is 0.0667. The lowest BCUT2D eigenvalue weighted by atomic mass is 9.96. The van der Waals surface area contributed by atoms with Crippen LogP contribution in [0.25, 0.3) is 50.8 Å². The minimum atomic E-state index is 0.665. The third-order valence-corrected chi connectivity index (χ3v) is 9.51. The number of fused-ring (bicyclic) bond motifs is 5. The SMILES string of the molecule is C1#Cc2c(n(-c3ccccc3)c3ccccc23)C=C(c2ccccc2N(C2=c3ccccc3=CCC2)c2cccc3ccccc23)C1. The molecule has 0 radical (unpaired) electrons. The summed E-state index contributed by atoms with van der Waals surface area (Å²) >= 11 is 0. The summed E-state index contributed by atoms with van der Waals surface area (Å²) in [4.78, 5) is 2.54. The van der Waals surface area contributed by atoms with Gasteiger partial charge in [-0.25, -0.2) is 0 Å². The summed E-state index contributed by atoms with van der Waals surface area (Å²) in [5.41, 5.74) is 10.7. The largest absolute Gasteiger partial charge is 0.312 e. The molecule has 0 amide bonds. The molecular weight excluding hydrogens is 569 g/mol. The van der Waals surface area contributed by atoms with Crippen LogP contribution in [0.2, 0.25) is 0 Å². The van der Waals surface area contributed by atoms with E-state index >= 15 is 0 Å². The molecule has 7 aromatic rings. The van der Waals surface area contributed by atoms with Crippen LogP contribution in [0.5, 0.6) is 0 Å². The van der Waals surface area contributed by atoms with Gasteiger partial charge in [0.25, 0.3) is 0 Å². The van der Waals surface area contributed by atoms with E-state index in [1.165, 1.54) is 60.3 Å². The zero-order chi connectivity index (χ0) is 31.2. The highest BCUT2D eigenvalue weighted by molar-refractivity contribution is 6.03. The van der Waals surface area contributed by atoms with Gasteiger partial charge in [-0.3, -0.25) is 0 Å². The molecule has 6 aromatic carbocycles. The van der Waals surface area contributed by atoms with Crippen molar-refractivity contribution in [3.05, 3.63) is 173 Å². The number of hydrogen-bond donors (Lipinski definition) is 0. The van der Waals surface area contributed by atoms with Gasteiger partial charge >= 0.3 is 0 Å². The van der Waals surface area contributed by atoms with E-state index in [0.29, 0.717) is 6.42 Å². The number of aromatic nitrogens is 1. The smallest absolute Gasteiger partial charge is 0.0628 e. The van der Waals surface area contributed by atoms with Crippen molar-refractivity contribution < 1.29 is 0 Å². The average Bonchev–Trinajstić information content (AvgIpc) is 3.28. The van der Waals surface area contributed by atoms with Crippen LogP contribution < -0.4 is 15.3 Å². The number of allylic oxidation sites excluding steroid dienone is 1. The fourth-order valence-corrected chi connectivity index (χ4v) is 7.43. The molecule has 0 fully saturated rings. The van der Waals surface area contributed by atoms with Crippen molar-refractivity contribution in [3.8, 4) is 17.5 Å². The number of para-hydroxylation sites is 3. The molecule has 2 aliphatic rings. The van der Waals surface area contributed by atoms with Crippen LogP contribution in [0.1, 0.15) is 36.1 Å². The van der Waals surface area contributed by atoms with Crippen LogP contribution in [0.15, 0.2) is 146 Å². The van der Waals surface area contributed by atoms with Gasteiger partial charge in [-0.15, -0.1) is 0 Å². The van der Waals surface area contributed by atoms with E-state index in [2.05, 4.69) is 179 Å². The van der Waals surface area contributed by atoms with Crippen molar-refractivity contribution in [2.24, 2.45) is 0 Å². The van der Waals surface area contributed by atoms with Crippen LogP contribution in [0, 0.1) is 11.8 Å². The lowest BCUT2D eigenvalue weighted by Gasteiger charge is -2.32. The van der Waals surface area contributed by atoms with Crippen molar-refractivity contribution in [2.45, 2.75) is 19.3 Å². The zero-order valence-electron chi connectivity index (χ0n) is 26.0. The van der Waals surface area contributed by atoms with Gasteiger partial charge in [0.15, 0.2) is 0 Å². The monoisotopic (exact) mass is 600 g/mol. The van der Waals surface area contributed by atoms with Crippen molar-refractivity contribution in [2.75, 3.05) is 4.90 Å². The Balaban J connectivity index is 1.33. The highest BCUT2D eigenvalue weighted by Gasteiger charge is 2.24. The summed E-state index contributed by atoms with van der Waals surface area (Å²) in [6.45, 7) is 0. The Morgan fingerprint density at radius 2 is 1.34 bits per heavy atom. The van der Waals surface area contributed by atoms with Gasteiger partial charge in [-0.1, -0.05) is 133 Å². The highest BCUT2D eigenvalue weighted by atomic mass is 15.2. The third kappa shape index (κ3) is 4.59. The molecule has 0 spiro atoms. The molecule has 0 saturated carbocycles. The number of benzene rings is 6. The first-order chi connectivity index (χ1) is 23.3. The third-order valence-electron chi connectivity index (χ3n) is 9.51. The normalized spacial score (nSPS) is 13.5. The number of hydrogen-bond acceptors (Lipinski definition) is 1. The Labute approximate surface area is 274 Å². The number of nitrogens with zero attached hydrogens (tertiary/aromatic N) is 2. The molecule has 2 aliphatic carbocycles. The standard InChI is InChI=1S/C45H32N2/c1-2-20-35(21-3-1)46-44-28-11-9-25-39(44)40-26-12-19-34(31-45(40)46)38-24-8-10-27-41(38)47(42-29-13-17-32-15-4-6-22-36(32)42)43-30-14-18-33-16-5-7-23-37(33)43/h1-11,13,15-18,20-25,27-29,31H,14,19,30H2. The first-order valence-corrected chi connectivity index (χ1v) is 16.4. The molecule has 0 saturated heterocycles. The molecule has 2 heteroatoms. The maximum atomic E-state index is 3.59. The second kappa shape index (κ2) is 11.4. The molecule has 222 valence electrons. The zero-order valence-corrected chi connectivity index (χ0v) is 26.0. The summed E-state index contributed by atoms with van der Waals surface area (Å²) in [6, 6.07) is 52.5. The summed E-state index contributed by atoms with van der Waals surface area (Å²) in [7, 11) is 0. The summed E-state index contributed by atoms with van der Waals surface area (Å²) < 4.78 is 2.37. The summed E-state index contributed by atoms with van der Waals surface area (Å²) in [5.74, 6) is 7.17. The quantitative estimate of drug-likeness (QED) is 0.179. The lowest BCUT2D eigenvalue weighted by Crippen LogP contribution is -2.35. The predicted molar refractivity (Wildman–Crippen MR) is 198 cm³/mol. The molecular formula is C45H32N2. The Morgan fingerprint density at radius 3 is 2.28 bits per heavy atom. The van der Waals surface area contributed by atoms with Crippen LogP contribution in [0.4, 0.5) is 11.4 Å². The van der Waals surface area contributed by atoms with Gasteiger partial charge in [0.05, 0.1) is 28.1 Å². The Bertz CT molecular complexity index is 2550. The molecule has 2 nitrogen and oxygen atoms in total. The van der Waals surface area contributed by atoms with Crippen molar-refractivity contribution >= 4 is 56.5 Å².